The van der Waals surface area contributed by atoms with Crippen LogP contribution in [0.1, 0.15) is 17.5 Å². The minimum atomic E-state index is -0.273. The van der Waals surface area contributed by atoms with Gasteiger partial charge in [-0.2, -0.15) is 5.10 Å². The van der Waals surface area contributed by atoms with Crippen LogP contribution in [0.2, 0.25) is 0 Å². The Morgan fingerprint density at radius 1 is 0.933 bits per heavy atom. The second kappa shape index (κ2) is 8.51. The Kier molecular flexibility index (Phi) is 5.44. The van der Waals surface area contributed by atoms with Crippen LogP contribution in [-0.2, 0) is 14.2 Å². The van der Waals surface area contributed by atoms with Crippen LogP contribution in [0.3, 0.4) is 0 Å². The molecule has 0 saturated carbocycles. The molecule has 0 aliphatic carbocycles. The number of benzene rings is 1. The van der Waals surface area contributed by atoms with E-state index in [-0.39, 0.29) is 6.10 Å². The fourth-order valence-electron chi connectivity index (χ4n) is 3.70. The Balaban J connectivity index is 1.51. The summed E-state index contributed by atoms with van der Waals surface area (Å²) in [5, 5.41) is 4.78. The molecule has 2 fully saturated rings. The van der Waals surface area contributed by atoms with Crippen molar-refractivity contribution in [2.24, 2.45) is 0 Å². The average molecular weight is 407 g/mol. The molecule has 0 spiro atoms. The van der Waals surface area contributed by atoms with Crippen molar-refractivity contribution in [3.63, 3.8) is 0 Å². The largest absolute Gasteiger partial charge is 0.378 e. The molecule has 156 valence electrons. The molecule has 0 bridgehead atoms. The van der Waals surface area contributed by atoms with E-state index in [1.165, 1.54) is 5.56 Å². The highest BCUT2D eigenvalue weighted by molar-refractivity contribution is 5.60. The Hall–Kier alpha value is -2.81. The first kappa shape index (κ1) is 19.2. The van der Waals surface area contributed by atoms with Crippen molar-refractivity contribution in [2.75, 3.05) is 51.0 Å². The third-order valence-electron chi connectivity index (χ3n) is 5.29. The molecule has 0 amide bonds. The number of ether oxygens (including phenoxy) is 3. The van der Waals surface area contributed by atoms with Crippen molar-refractivity contribution in [3.05, 3.63) is 54.0 Å². The Morgan fingerprint density at radius 2 is 1.80 bits per heavy atom. The number of hydrogen-bond acceptors (Lipinski definition) is 7. The molecule has 8 nitrogen and oxygen atoms in total. The second-order valence-corrected chi connectivity index (χ2v) is 7.49. The van der Waals surface area contributed by atoms with Crippen LogP contribution in [0.4, 0.5) is 5.82 Å². The molecule has 30 heavy (non-hydrogen) atoms. The lowest BCUT2D eigenvalue weighted by Crippen LogP contribution is -2.37. The molecule has 1 aromatic carbocycles. The topological polar surface area (TPSA) is 74.5 Å². The van der Waals surface area contributed by atoms with Gasteiger partial charge in [-0.05, 0) is 19.1 Å². The zero-order chi connectivity index (χ0) is 20.3. The molecule has 1 atom stereocenters. The summed E-state index contributed by atoms with van der Waals surface area (Å²) in [7, 11) is 0. The maximum Gasteiger partial charge on any atom is 0.164 e. The Morgan fingerprint density at radius 3 is 2.60 bits per heavy atom. The van der Waals surface area contributed by atoms with Gasteiger partial charge < -0.3 is 19.1 Å². The first-order chi connectivity index (χ1) is 14.8. The predicted octanol–water partition coefficient (Wildman–Crippen LogP) is 2.56. The number of anilines is 1. The number of rotatable bonds is 4. The summed E-state index contributed by atoms with van der Waals surface area (Å²) in [6, 6.07) is 12.3. The van der Waals surface area contributed by atoms with E-state index in [2.05, 4.69) is 30.0 Å². The standard InChI is InChI=1S/C22H25N5O3/c1-16-3-2-4-17(13-16)18-5-6-27(25-18)21-14-20(26-7-9-28-10-8-26)23-22(24-21)19-15-29-11-12-30-19/h2-6,13-14,19H,7-12,15H2,1H3/t19-/m0/s1. The van der Waals surface area contributed by atoms with Gasteiger partial charge in [-0.25, -0.2) is 14.6 Å². The van der Waals surface area contributed by atoms with Crippen LogP contribution in [0.5, 0.6) is 0 Å². The van der Waals surface area contributed by atoms with Gasteiger partial charge in [0.2, 0.25) is 0 Å². The van der Waals surface area contributed by atoms with E-state index in [4.69, 9.17) is 29.3 Å². The van der Waals surface area contributed by atoms with E-state index in [1.807, 2.05) is 24.4 Å². The summed E-state index contributed by atoms with van der Waals surface area (Å²) in [6.07, 6.45) is 1.66. The molecular formula is C22H25N5O3. The minimum Gasteiger partial charge on any atom is -0.378 e. The lowest BCUT2D eigenvalue weighted by Gasteiger charge is -2.29. The van der Waals surface area contributed by atoms with Crippen molar-refractivity contribution in [1.29, 1.82) is 0 Å². The van der Waals surface area contributed by atoms with Gasteiger partial charge in [-0.3, -0.25) is 0 Å². The fourth-order valence-corrected chi connectivity index (χ4v) is 3.70. The monoisotopic (exact) mass is 407 g/mol. The summed E-state index contributed by atoms with van der Waals surface area (Å²) < 4.78 is 18.7. The second-order valence-electron chi connectivity index (χ2n) is 7.49. The molecule has 2 aromatic heterocycles. The third kappa shape index (κ3) is 4.07. The quantitative estimate of drug-likeness (QED) is 0.658. The number of hydrogen-bond donors (Lipinski definition) is 0. The van der Waals surface area contributed by atoms with Crippen LogP contribution in [0, 0.1) is 6.92 Å². The van der Waals surface area contributed by atoms with Crippen molar-refractivity contribution in [3.8, 4) is 17.1 Å². The molecule has 2 aliphatic heterocycles. The molecule has 5 rings (SSSR count). The number of morpholine rings is 1. The van der Waals surface area contributed by atoms with Gasteiger partial charge in [0, 0.05) is 30.9 Å². The summed E-state index contributed by atoms with van der Waals surface area (Å²) in [5.41, 5.74) is 3.19. The predicted molar refractivity (Wildman–Crippen MR) is 112 cm³/mol. The molecule has 0 unspecified atom stereocenters. The molecular weight excluding hydrogens is 382 g/mol. The van der Waals surface area contributed by atoms with Crippen molar-refractivity contribution in [2.45, 2.75) is 13.0 Å². The van der Waals surface area contributed by atoms with Crippen molar-refractivity contribution < 1.29 is 14.2 Å². The van der Waals surface area contributed by atoms with Crippen LogP contribution in [0.15, 0.2) is 42.6 Å². The third-order valence-corrected chi connectivity index (χ3v) is 5.29. The molecule has 8 heteroatoms. The van der Waals surface area contributed by atoms with Gasteiger partial charge in [-0.15, -0.1) is 0 Å². The first-order valence-corrected chi connectivity index (χ1v) is 10.3. The van der Waals surface area contributed by atoms with Crippen LogP contribution in [-0.4, -0.2) is 65.9 Å². The van der Waals surface area contributed by atoms with Crippen LogP contribution < -0.4 is 4.90 Å². The average Bonchev–Trinajstić information content (AvgIpc) is 3.31. The maximum atomic E-state index is 5.86. The Labute approximate surface area is 175 Å². The van der Waals surface area contributed by atoms with Gasteiger partial charge in [-0.1, -0.05) is 23.8 Å². The first-order valence-electron chi connectivity index (χ1n) is 10.3. The molecule has 4 heterocycles. The minimum absolute atomic E-state index is 0.273. The van der Waals surface area contributed by atoms with Crippen LogP contribution >= 0.6 is 0 Å². The van der Waals surface area contributed by atoms with E-state index in [9.17, 15) is 0 Å². The molecule has 2 aliphatic rings. The summed E-state index contributed by atoms with van der Waals surface area (Å²) in [6.45, 7) is 6.67. The Bertz CT molecular complexity index is 973. The molecule has 0 radical (unpaired) electrons. The zero-order valence-electron chi connectivity index (χ0n) is 17.0. The summed E-state index contributed by atoms with van der Waals surface area (Å²) in [5.74, 6) is 2.20. The van der Waals surface area contributed by atoms with E-state index < -0.39 is 0 Å². The van der Waals surface area contributed by atoms with E-state index in [1.54, 1.807) is 4.68 Å². The van der Waals surface area contributed by atoms with Gasteiger partial charge in [0.25, 0.3) is 0 Å². The molecule has 3 aromatic rings. The SMILES string of the molecule is Cc1cccc(-c2ccn(-c3cc(N4CCOCC4)nc([C@@H]4COCCO4)n3)n2)c1. The number of nitrogens with zero attached hydrogens (tertiary/aromatic N) is 5. The highest BCUT2D eigenvalue weighted by atomic mass is 16.6. The van der Waals surface area contributed by atoms with Crippen molar-refractivity contribution >= 4 is 5.82 Å². The van der Waals surface area contributed by atoms with Gasteiger partial charge in [0.1, 0.15) is 11.9 Å². The highest BCUT2D eigenvalue weighted by Gasteiger charge is 2.23. The van der Waals surface area contributed by atoms with E-state index in [0.29, 0.717) is 38.9 Å². The van der Waals surface area contributed by atoms with Gasteiger partial charge in [0.15, 0.2) is 11.6 Å². The van der Waals surface area contributed by atoms with Gasteiger partial charge >= 0.3 is 0 Å². The lowest BCUT2D eigenvalue weighted by molar-refractivity contribution is -0.0935. The van der Waals surface area contributed by atoms with Crippen LogP contribution in [0.25, 0.3) is 17.1 Å². The number of aryl methyl sites for hydroxylation is 1. The number of aromatic nitrogens is 4. The lowest BCUT2D eigenvalue weighted by atomic mass is 10.1. The van der Waals surface area contributed by atoms with Crippen molar-refractivity contribution in [1.82, 2.24) is 19.7 Å². The van der Waals surface area contributed by atoms with Gasteiger partial charge in [0.05, 0.1) is 38.7 Å². The highest BCUT2D eigenvalue weighted by Crippen LogP contribution is 2.25. The fraction of sp³-hybridized carbons (Fsp3) is 0.409. The summed E-state index contributed by atoms with van der Waals surface area (Å²) >= 11 is 0. The van der Waals surface area contributed by atoms with E-state index in [0.717, 1.165) is 36.0 Å². The maximum absolute atomic E-state index is 5.86. The van der Waals surface area contributed by atoms with E-state index >= 15 is 0 Å². The zero-order valence-corrected chi connectivity index (χ0v) is 17.0. The summed E-state index contributed by atoms with van der Waals surface area (Å²) in [4.78, 5) is 11.8. The molecule has 2 saturated heterocycles. The smallest absolute Gasteiger partial charge is 0.164 e. The molecule has 0 N–H and O–H groups in total. The normalized spacial score (nSPS) is 19.8.